The Bertz CT molecular complexity index is 856. The molecule has 4 unspecified atom stereocenters. The molecular weight excluding hydrogens is 447 g/mol. The first kappa shape index (κ1) is 23.3. The lowest BCUT2D eigenvalue weighted by atomic mass is 10.1. The number of ether oxygens (including phenoxy) is 1. The first-order valence-corrected chi connectivity index (χ1v) is 11.4. The van der Waals surface area contributed by atoms with Crippen molar-refractivity contribution in [2.45, 2.75) is 42.3 Å². The maximum absolute atomic E-state index is 12.5. The molecule has 1 saturated heterocycles. The van der Waals surface area contributed by atoms with Crippen LogP contribution in [-0.4, -0.2) is 90.2 Å². The molecule has 168 valence electrons. The smallest absolute Gasteiger partial charge is 0.389 e. The number of imidazole rings is 1. The Labute approximate surface area is 178 Å². The first-order valence-electron chi connectivity index (χ1n) is 9.04. The predicted molar refractivity (Wildman–Crippen MR) is 107 cm³/mol. The quantitative estimate of drug-likeness (QED) is 0.242. The van der Waals surface area contributed by atoms with Crippen LogP contribution in [0, 0.1) is 0 Å². The standard InChI is InChI=1S/C16H22F3N5O4S2/c1-29-5-3-20-12-9-13(23-15(22-12)30-4-2-16(17,18)19)24(7-21-9)14-11(27)10(26)8(6-25)28-14/h7-8,10-11,14,25-27H,2-6H2,1H3,(H,20,22,23). The number of alkyl halides is 3. The van der Waals surface area contributed by atoms with E-state index in [0.29, 0.717) is 17.9 Å². The van der Waals surface area contributed by atoms with Crippen LogP contribution in [0.4, 0.5) is 19.0 Å². The number of anilines is 1. The molecule has 3 heterocycles. The summed E-state index contributed by atoms with van der Waals surface area (Å²) in [6, 6.07) is 0. The van der Waals surface area contributed by atoms with Gasteiger partial charge in [-0.15, -0.1) is 0 Å². The van der Waals surface area contributed by atoms with Crippen LogP contribution in [0.3, 0.4) is 0 Å². The number of aliphatic hydroxyl groups excluding tert-OH is 3. The van der Waals surface area contributed by atoms with Gasteiger partial charge < -0.3 is 25.4 Å². The molecule has 1 fully saturated rings. The van der Waals surface area contributed by atoms with Crippen molar-refractivity contribution in [1.29, 1.82) is 0 Å². The van der Waals surface area contributed by atoms with Gasteiger partial charge in [0, 0.05) is 18.1 Å². The van der Waals surface area contributed by atoms with Gasteiger partial charge in [-0.05, 0) is 6.26 Å². The Hall–Kier alpha value is -1.32. The van der Waals surface area contributed by atoms with Crippen molar-refractivity contribution >= 4 is 40.5 Å². The SMILES string of the molecule is CSCCNc1nc(SCCC(F)(F)F)nc2c1ncn2C1OC(CO)C(O)C1O. The molecule has 0 amide bonds. The summed E-state index contributed by atoms with van der Waals surface area (Å²) in [5, 5.41) is 32.8. The van der Waals surface area contributed by atoms with Gasteiger partial charge in [-0.1, -0.05) is 11.8 Å². The van der Waals surface area contributed by atoms with Gasteiger partial charge in [0.05, 0.1) is 19.4 Å². The van der Waals surface area contributed by atoms with Crippen LogP contribution in [-0.2, 0) is 4.74 Å². The molecule has 4 atom stereocenters. The van der Waals surface area contributed by atoms with E-state index in [1.54, 1.807) is 11.8 Å². The van der Waals surface area contributed by atoms with Gasteiger partial charge in [0.2, 0.25) is 0 Å². The van der Waals surface area contributed by atoms with Crippen LogP contribution < -0.4 is 5.32 Å². The highest BCUT2D eigenvalue weighted by molar-refractivity contribution is 7.99. The van der Waals surface area contributed by atoms with Gasteiger partial charge in [-0.3, -0.25) is 4.57 Å². The number of fused-ring (bicyclic) bond motifs is 1. The number of thioether (sulfide) groups is 2. The Balaban J connectivity index is 1.93. The highest BCUT2D eigenvalue weighted by Gasteiger charge is 2.44. The lowest BCUT2D eigenvalue weighted by Gasteiger charge is -2.17. The average Bonchev–Trinajstić information content (AvgIpc) is 3.22. The van der Waals surface area contributed by atoms with E-state index in [2.05, 4.69) is 20.3 Å². The molecule has 0 bridgehead atoms. The normalized spacial score (nSPS) is 24.6. The zero-order chi connectivity index (χ0) is 21.9. The van der Waals surface area contributed by atoms with Gasteiger partial charge in [0.1, 0.15) is 18.3 Å². The highest BCUT2D eigenvalue weighted by atomic mass is 32.2. The van der Waals surface area contributed by atoms with Crippen molar-refractivity contribution in [3.63, 3.8) is 0 Å². The maximum Gasteiger partial charge on any atom is 0.389 e. The fourth-order valence-corrected chi connectivity index (χ4v) is 4.04. The Morgan fingerprint density at radius 1 is 1.23 bits per heavy atom. The van der Waals surface area contributed by atoms with E-state index < -0.39 is 43.7 Å². The van der Waals surface area contributed by atoms with Crippen molar-refractivity contribution in [2.24, 2.45) is 0 Å². The summed E-state index contributed by atoms with van der Waals surface area (Å²) in [7, 11) is 0. The largest absolute Gasteiger partial charge is 0.394 e. The average molecular weight is 470 g/mol. The number of halogens is 3. The fourth-order valence-electron chi connectivity index (χ4n) is 2.91. The molecule has 0 spiro atoms. The number of hydrogen-bond acceptors (Lipinski definition) is 10. The molecular formula is C16H22F3N5O4S2. The molecule has 0 aromatic carbocycles. The molecule has 3 rings (SSSR count). The summed E-state index contributed by atoms with van der Waals surface area (Å²) >= 11 is 2.46. The lowest BCUT2D eigenvalue weighted by molar-refractivity contribution is -0.129. The molecule has 4 N–H and O–H groups in total. The Morgan fingerprint density at radius 2 is 2.00 bits per heavy atom. The number of aromatic nitrogens is 4. The third kappa shape index (κ3) is 5.29. The van der Waals surface area contributed by atoms with E-state index >= 15 is 0 Å². The second-order valence-electron chi connectivity index (χ2n) is 6.54. The molecule has 2 aromatic rings. The second kappa shape index (κ2) is 9.87. The number of nitrogens with one attached hydrogen (secondary N) is 1. The summed E-state index contributed by atoms with van der Waals surface area (Å²) < 4.78 is 44.4. The zero-order valence-electron chi connectivity index (χ0n) is 15.9. The van der Waals surface area contributed by atoms with Crippen LogP contribution >= 0.6 is 23.5 Å². The summed E-state index contributed by atoms with van der Waals surface area (Å²) in [4.78, 5) is 12.9. The minimum atomic E-state index is -4.28. The monoisotopic (exact) mass is 469 g/mol. The lowest BCUT2D eigenvalue weighted by Crippen LogP contribution is -2.33. The molecule has 1 aliphatic heterocycles. The maximum atomic E-state index is 12.5. The van der Waals surface area contributed by atoms with E-state index in [1.807, 2.05) is 6.26 Å². The van der Waals surface area contributed by atoms with E-state index in [1.165, 1.54) is 10.9 Å². The van der Waals surface area contributed by atoms with E-state index in [0.717, 1.165) is 17.5 Å². The van der Waals surface area contributed by atoms with Crippen LogP contribution in [0.5, 0.6) is 0 Å². The first-order chi connectivity index (χ1) is 14.2. The van der Waals surface area contributed by atoms with Gasteiger partial charge in [-0.2, -0.15) is 24.9 Å². The summed E-state index contributed by atoms with van der Waals surface area (Å²) in [6.07, 6.45) is -6.68. The molecule has 0 radical (unpaired) electrons. The minimum absolute atomic E-state index is 0.117. The molecule has 1 aliphatic rings. The predicted octanol–water partition coefficient (Wildman–Crippen LogP) is 1.26. The van der Waals surface area contributed by atoms with Crippen LogP contribution in [0.1, 0.15) is 12.6 Å². The molecule has 0 aliphatic carbocycles. The Kier molecular flexibility index (Phi) is 7.68. The second-order valence-corrected chi connectivity index (χ2v) is 8.59. The number of rotatable bonds is 9. The Morgan fingerprint density at radius 3 is 2.63 bits per heavy atom. The molecule has 30 heavy (non-hydrogen) atoms. The number of hydrogen-bond donors (Lipinski definition) is 4. The van der Waals surface area contributed by atoms with Crippen molar-refractivity contribution in [3.05, 3.63) is 6.33 Å². The van der Waals surface area contributed by atoms with Crippen molar-refractivity contribution in [3.8, 4) is 0 Å². The van der Waals surface area contributed by atoms with Gasteiger partial charge in [0.15, 0.2) is 28.4 Å². The third-order valence-electron chi connectivity index (χ3n) is 4.41. The van der Waals surface area contributed by atoms with Gasteiger partial charge in [-0.25, -0.2) is 15.0 Å². The highest BCUT2D eigenvalue weighted by Crippen LogP contribution is 2.33. The summed E-state index contributed by atoms with van der Waals surface area (Å²) in [5.74, 6) is 0.882. The van der Waals surface area contributed by atoms with E-state index in [-0.39, 0.29) is 16.6 Å². The topological polar surface area (TPSA) is 126 Å². The van der Waals surface area contributed by atoms with Crippen molar-refractivity contribution in [1.82, 2.24) is 19.5 Å². The molecule has 14 heteroatoms. The van der Waals surface area contributed by atoms with Gasteiger partial charge in [0.25, 0.3) is 0 Å². The van der Waals surface area contributed by atoms with E-state index in [9.17, 15) is 28.5 Å². The van der Waals surface area contributed by atoms with Crippen molar-refractivity contribution < 1.29 is 33.2 Å². The molecule has 0 saturated carbocycles. The van der Waals surface area contributed by atoms with Crippen LogP contribution in [0.25, 0.3) is 11.2 Å². The number of aliphatic hydroxyl groups is 3. The minimum Gasteiger partial charge on any atom is -0.394 e. The van der Waals surface area contributed by atoms with Crippen LogP contribution in [0.2, 0.25) is 0 Å². The van der Waals surface area contributed by atoms with Crippen molar-refractivity contribution in [2.75, 3.05) is 36.2 Å². The number of nitrogens with zero attached hydrogens (tertiary/aromatic N) is 4. The van der Waals surface area contributed by atoms with Gasteiger partial charge >= 0.3 is 6.18 Å². The summed E-state index contributed by atoms with van der Waals surface area (Å²) in [6.45, 7) is 0.0665. The third-order valence-corrected chi connectivity index (χ3v) is 5.87. The van der Waals surface area contributed by atoms with E-state index in [4.69, 9.17) is 4.74 Å². The summed E-state index contributed by atoms with van der Waals surface area (Å²) in [5.41, 5.74) is 0.593. The van der Waals surface area contributed by atoms with Crippen LogP contribution in [0.15, 0.2) is 11.5 Å². The fraction of sp³-hybridized carbons (Fsp3) is 0.688. The molecule has 9 nitrogen and oxygen atoms in total. The zero-order valence-corrected chi connectivity index (χ0v) is 17.5. The molecule has 2 aromatic heterocycles.